The molecule has 0 spiro atoms. The predicted octanol–water partition coefficient (Wildman–Crippen LogP) is 4.16. The van der Waals surface area contributed by atoms with Gasteiger partial charge in [0.25, 0.3) is 5.92 Å². The lowest BCUT2D eigenvalue weighted by atomic mass is 9.74. The highest BCUT2D eigenvalue weighted by Gasteiger charge is 2.46. The van der Waals surface area contributed by atoms with Gasteiger partial charge in [0, 0.05) is 24.9 Å². The van der Waals surface area contributed by atoms with Gasteiger partial charge in [-0.15, -0.1) is 12.4 Å². The van der Waals surface area contributed by atoms with Gasteiger partial charge in [-0.1, -0.05) is 25.7 Å². The van der Waals surface area contributed by atoms with Crippen molar-refractivity contribution >= 4 is 12.4 Å². The van der Waals surface area contributed by atoms with E-state index >= 15 is 0 Å². The summed E-state index contributed by atoms with van der Waals surface area (Å²) in [6.07, 6.45) is 7.28. The third kappa shape index (κ3) is 3.78. The standard InChI is InChI=1S/C13H23F2N.ClH/c1-12(10-13(14,15)8-9-16-12)11-6-4-2-3-5-7-11;/h11,16H,2-10H2,1H3;1H. The second-order valence-electron chi connectivity index (χ2n) is 5.82. The Hall–Kier alpha value is 0.110. The molecule has 1 saturated carbocycles. The Morgan fingerprint density at radius 3 is 2.18 bits per heavy atom. The second-order valence-corrected chi connectivity index (χ2v) is 5.82. The molecular formula is C13H24ClF2N. The smallest absolute Gasteiger partial charge is 0.251 e. The van der Waals surface area contributed by atoms with Crippen LogP contribution < -0.4 is 5.32 Å². The van der Waals surface area contributed by atoms with Gasteiger partial charge < -0.3 is 5.32 Å². The number of halogens is 3. The third-order valence-corrected chi connectivity index (χ3v) is 4.40. The summed E-state index contributed by atoms with van der Waals surface area (Å²) in [5, 5.41) is 3.37. The van der Waals surface area contributed by atoms with E-state index in [0.29, 0.717) is 12.5 Å². The van der Waals surface area contributed by atoms with Gasteiger partial charge >= 0.3 is 0 Å². The molecule has 0 bridgehead atoms. The molecule has 0 amide bonds. The summed E-state index contributed by atoms with van der Waals surface area (Å²) >= 11 is 0. The summed E-state index contributed by atoms with van der Waals surface area (Å²) in [6, 6.07) is 0. The van der Waals surface area contributed by atoms with E-state index in [1.165, 1.54) is 25.7 Å². The van der Waals surface area contributed by atoms with Crippen LogP contribution in [0.5, 0.6) is 0 Å². The molecule has 2 rings (SSSR count). The number of piperidine rings is 1. The van der Waals surface area contributed by atoms with Gasteiger partial charge in [-0.25, -0.2) is 8.78 Å². The highest BCUT2D eigenvalue weighted by Crippen LogP contribution is 2.41. The van der Waals surface area contributed by atoms with Crippen LogP contribution in [0.15, 0.2) is 0 Å². The lowest BCUT2D eigenvalue weighted by molar-refractivity contribution is -0.0732. The number of rotatable bonds is 1. The molecule has 0 radical (unpaired) electrons. The summed E-state index contributed by atoms with van der Waals surface area (Å²) in [6.45, 7) is 2.48. The summed E-state index contributed by atoms with van der Waals surface area (Å²) in [7, 11) is 0. The normalized spacial score (nSPS) is 34.8. The van der Waals surface area contributed by atoms with Crippen LogP contribution in [0.4, 0.5) is 8.78 Å². The maximum atomic E-state index is 13.5. The van der Waals surface area contributed by atoms with Crippen molar-refractivity contribution in [2.75, 3.05) is 6.54 Å². The molecule has 1 aliphatic carbocycles. The SMILES string of the molecule is CC1(C2CCCCCC2)CC(F)(F)CCN1.Cl. The van der Waals surface area contributed by atoms with E-state index in [9.17, 15) is 8.78 Å². The first kappa shape index (κ1) is 15.2. The Labute approximate surface area is 109 Å². The fraction of sp³-hybridized carbons (Fsp3) is 1.00. The molecule has 4 heteroatoms. The monoisotopic (exact) mass is 267 g/mol. The molecule has 0 aromatic rings. The van der Waals surface area contributed by atoms with Crippen molar-refractivity contribution in [1.29, 1.82) is 0 Å². The minimum absolute atomic E-state index is 0. The van der Waals surface area contributed by atoms with Crippen molar-refractivity contribution in [1.82, 2.24) is 5.32 Å². The number of hydrogen-bond acceptors (Lipinski definition) is 1. The molecule has 2 aliphatic rings. The molecular weight excluding hydrogens is 244 g/mol. The van der Waals surface area contributed by atoms with E-state index in [2.05, 4.69) is 5.32 Å². The van der Waals surface area contributed by atoms with Crippen molar-refractivity contribution in [2.45, 2.75) is 69.8 Å². The van der Waals surface area contributed by atoms with Crippen LogP contribution in [0.3, 0.4) is 0 Å². The maximum absolute atomic E-state index is 13.5. The predicted molar refractivity (Wildman–Crippen MR) is 69.0 cm³/mol. The largest absolute Gasteiger partial charge is 0.311 e. The van der Waals surface area contributed by atoms with E-state index < -0.39 is 5.92 Å². The van der Waals surface area contributed by atoms with Gasteiger partial charge in [0.15, 0.2) is 0 Å². The summed E-state index contributed by atoms with van der Waals surface area (Å²) in [4.78, 5) is 0. The van der Waals surface area contributed by atoms with Gasteiger partial charge in [0.1, 0.15) is 0 Å². The lowest BCUT2D eigenvalue weighted by Crippen LogP contribution is -2.57. The minimum atomic E-state index is -2.45. The first-order chi connectivity index (χ1) is 7.52. The Morgan fingerprint density at radius 2 is 1.65 bits per heavy atom. The average molecular weight is 268 g/mol. The second kappa shape index (κ2) is 5.83. The molecule has 1 aliphatic heterocycles. The van der Waals surface area contributed by atoms with E-state index in [4.69, 9.17) is 0 Å². The highest BCUT2D eigenvalue weighted by molar-refractivity contribution is 5.85. The Balaban J connectivity index is 0.00000144. The molecule has 0 aromatic heterocycles. The number of nitrogens with one attached hydrogen (secondary N) is 1. The Kier molecular flexibility index (Phi) is 5.21. The topological polar surface area (TPSA) is 12.0 Å². The first-order valence-electron chi connectivity index (χ1n) is 6.65. The summed E-state index contributed by atoms with van der Waals surface area (Å²) < 4.78 is 27.0. The van der Waals surface area contributed by atoms with Crippen molar-refractivity contribution in [3.8, 4) is 0 Å². The van der Waals surface area contributed by atoms with Gasteiger partial charge in [0.2, 0.25) is 0 Å². The van der Waals surface area contributed by atoms with Crippen LogP contribution in [-0.4, -0.2) is 18.0 Å². The molecule has 1 unspecified atom stereocenters. The van der Waals surface area contributed by atoms with E-state index in [0.717, 1.165) is 12.8 Å². The Morgan fingerprint density at radius 1 is 1.06 bits per heavy atom. The van der Waals surface area contributed by atoms with Gasteiger partial charge in [0.05, 0.1) is 0 Å². The van der Waals surface area contributed by atoms with Crippen LogP contribution in [0.25, 0.3) is 0 Å². The van der Waals surface area contributed by atoms with E-state index in [-0.39, 0.29) is 30.8 Å². The van der Waals surface area contributed by atoms with Crippen molar-refractivity contribution < 1.29 is 8.78 Å². The van der Waals surface area contributed by atoms with Crippen LogP contribution in [0.2, 0.25) is 0 Å². The van der Waals surface area contributed by atoms with Crippen molar-refractivity contribution in [3.63, 3.8) is 0 Å². The zero-order valence-electron chi connectivity index (χ0n) is 10.6. The first-order valence-corrected chi connectivity index (χ1v) is 6.65. The molecule has 17 heavy (non-hydrogen) atoms. The fourth-order valence-electron chi connectivity index (χ4n) is 3.42. The van der Waals surface area contributed by atoms with Crippen LogP contribution in [0.1, 0.15) is 58.3 Å². The maximum Gasteiger partial charge on any atom is 0.251 e. The van der Waals surface area contributed by atoms with Gasteiger partial charge in [-0.05, 0) is 25.7 Å². The van der Waals surface area contributed by atoms with Crippen LogP contribution in [-0.2, 0) is 0 Å². The fourth-order valence-corrected chi connectivity index (χ4v) is 3.42. The van der Waals surface area contributed by atoms with Crippen LogP contribution >= 0.6 is 12.4 Å². The van der Waals surface area contributed by atoms with Crippen molar-refractivity contribution in [3.05, 3.63) is 0 Å². The van der Waals surface area contributed by atoms with E-state index in [1.54, 1.807) is 0 Å². The molecule has 1 nitrogen and oxygen atoms in total. The van der Waals surface area contributed by atoms with Gasteiger partial charge in [-0.3, -0.25) is 0 Å². The molecule has 2 fully saturated rings. The Bertz CT molecular complexity index is 240. The molecule has 1 saturated heterocycles. The van der Waals surface area contributed by atoms with Gasteiger partial charge in [-0.2, -0.15) is 0 Å². The molecule has 1 heterocycles. The quantitative estimate of drug-likeness (QED) is 0.704. The highest BCUT2D eigenvalue weighted by atomic mass is 35.5. The van der Waals surface area contributed by atoms with Crippen LogP contribution in [0, 0.1) is 5.92 Å². The third-order valence-electron chi connectivity index (χ3n) is 4.40. The van der Waals surface area contributed by atoms with Crippen molar-refractivity contribution in [2.24, 2.45) is 5.92 Å². The minimum Gasteiger partial charge on any atom is -0.311 e. The van der Waals surface area contributed by atoms with E-state index in [1.807, 2.05) is 6.92 Å². The lowest BCUT2D eigenvalue weighted by Gasteiger charge is -2.44. The molecule has 1 N–H and O–H groups in total. The zero-order valence-corrected chi connectivity index (χ0v) is 11.4. The number of hydrogen-bond donors (Lipinski definition) is 1. The molecule has 102 valence electrons. The average Bonchev–Trinajstić information content (AvgIpc) is 2.43. The number of alkyl halides is 2. The molecule has 1 atom stereocenters. The molecule has 0 aromatic carbocycles. The zero-order chi connectivity index (χ0) is 11.6. The summed E-state index contributed by atoms with van der Waals surface area (Å²) in [5.74, 6) is -2.01. The summed E-state index contributed by atoms with van der Waals surface area (Å²) in [5.41, 5.74) is -0.327.